The van der Waals surface area contributed by atoms with Gasteiger partial charge in [-0.2, -0.15) is 0 Å². The van der Waals surface area contributed by atoms with E-state index < -0.39 is 5.60 Å². The predicted molar refractivity (Wildman–Crippen MR) is 76.1 cm³/mol. The number of methoxy groups -OCH3 is 1. The molecule has 0 aromatic heterocycles. The van der Waals surface area contributed by atoms with E-state index >= 15 is 0 Å². The second-order valence-corrected chi connectivity index (χ2v) is 5.45. The van der Waals surface area contributed by atoms with Crippen molar-refractivity contribution < 1.29 is 24.1 Å². The maximum Gasteiger partial charge on any atom is 0.203 e. The normalized spacial score (nSPS) is 24.1. The molecule has 2 N–H and O–H groups in total. The zero-order chi connectivity index (χ0) is 14.7. The Balaban J connectivity index is 1.65. The van der Waals surface area contributed by atoms with Crippen LogP contribution in [0.15, 0.2) is 12.1 Å². The molecule has 1 fully saturated rings. The van der Waals surface area contributed by atoms with Gasteiger partial charge in [-0.05, 0) is 17.7 Å². The van der Waals surface area contributed by atoms with Crippen molar-refractivity contribution in [1.29, 1.82) is 0 Å². The summed E-state index contributed by atoms with van der Waals surface area (Å²) in [4.78, 5) is 0. The fourth-order valence-corrected chi connectivity index (χ4v) is 2.60. The summed E-state index contributed by atoms with van der Waals surface area (Å²) in [5.74, 6) is 2.04. The molecule has 1 unspecified atom stereocenters. The van der Waals surface area contributed by atoms with Gasteiger partial charge in [0.15, 0.2) is 11.5 Å². The van der Waals surface area contributed by atoms with E-state index in [1.807, 2.05) is 12.1 Å². The molecule has 0 spiro atoms. The first-order chi connectivity index (χ1) is 10.2. The first-order valence-electron chi connectivity index (χ1n) is 7.17. The first-order valence-corrected chi connectivity index (χ1v) is 7.17. The van der Waals surface area contributed by atoms with Crippen LogP contribution in [0.3, 0.4) is 0 Å². The monoisotopic (exact) mass is 295 g/mol. The SMILES string of the molecule is COc1cc(CNCC2(O)CCOC2)cc2c1OCCO2. The van der Waals surface area contributed by atoms with E-state index in [2.05, 4.69) is 5.32 Å². The van der Waals surface area contributed by atoms with E-state index in [9.17, 15) is 5.11 Å². The van der Waals surface area contributed by atoms with Crippen molar-refractivity contribution in [3.63, 3.8) is 0 Å². The lowest BCUT2D eigenvalue weighted by Crippen LogP contribution is -2.40. The van der Waals surface area contributed by atoms with Gasteiger partial charge in [-0.1, -0.05) is 0 Å². The summed E-state index contributed by atoms with van der Waals surface area (Å²) in [6, 6.07) is 3.87. The Kier molecular flexibility index (Phi) is 4.19. The van der Waals surface area contributed by atoms with Crippen molar-refractivity contribution in [3.8, 4) is 17.2 Å². The predicted octanol–water partition coefficient (Wildman–Crippen LogP) is 0.707. The van der Waals surface area contributed by atoms with Crippen LogP contribution in [-0.4, -0.2) is 50.8 Å². The van der Waals surface area contributed by atoms with E-state index in [-0.39, 0.29) is 0 Å². The molecular formula is C15H21NO5. The topological polar surface area (TPSA) is 69.2 Å². The van der Waals surface area contributed by atoms with E-state index in [0.29, 0.717) is 63.2 Å². The molecule has 0 bridgehead atoms. The van der Waals surface area contributed by atoms with Crippen molar-refractivity contribution in [3.05, 3.63) is 17.7 Å². The van der Waals surface area contributed by atoms with Gasteiger partial charge in [-0.3, -0.25) is 0 Å². The van der Waals surface area contributed by atoms with Gasteiger partial charge in [0.25, 0.3) is 0 Å². The van der Waals surface area contributed by atoms with Crippen molar-refractivity contribution in [2.45, 2.75) is 18.6 Å². The molecule has 1 aromatic rings. The van der Waals surface area contributed by atoms with Gasteiger partial charge < -0.3 is 29.4 Å². The largest absolute Gasteiger partial charge is 0.493 e. The average Bonchev–Trinajstić information content (AvgIpc) is 2.93. The third-order valence-electron chi connectivity index (χ3n) is 3.75. The second-order valence-electron chi connectivity index (χ2n) is 5.45. The Bertz CT molecular complexity index is 482. The summed E-state index contributed by atoms with van der Waals surface area (Å²) in [6.45, 7) is 3.22. The van der Waals surface area contributed by atoms with E-state index in [4.69, 9.17) is 18.9 Å². The van der Waals surface area contributed by atoms with Crippen LogP contribution in [-0.2, 0) is 11.3 Å². The number of hydrogen-bond acceptors (Lipinski definition) is 6. The quantitative estimate of drug-likeness (QED) is 0.834. The number of nitrogens with one attached hydrogen (secondary N) is 1. The summed E-state index contributed by atoms with van der Waals surface area (Å²) >= 11 is 0. The van der Waals surface area contributed by atoms with Gasteiger partial charge in [0.1, 0.15) is 18.8 Å². The number of ether oxygens (including phenoxy) is 4. The summed E-state index contributed by atoms with van der Waals surface area (Å²) in [5.41, 5.74) is 0.274. The molecule has 1 aromatic carbocycles. The van der Waals surface area contributed by atoms with E-state index in [0.717, 1.165) is 5.56 Å². The summed E-state index contributed by atoms with van der Waals surface area (Å²) in [6.07, 6.45) is 0.671. The van der Waals surface area contributed by atoms with Crippen LogP contribution in [0, 0.1) is 0 Å². The highest BCUT2D eigenvalue weighted by atomic mass is 16.6. The molecule has 6 heteroatoms. The van der Waals surface area contributed by atoms with E-state index in [1.54, 1.807) is 7.11 Å². The van der Waals surface area contributed by atoms with Crippen molar-refractivity contribution in [2.24, 2.45) is 0 Å². The van der Waals surface area contributed by atoms with Crippen LogP contribution >= 0.6 is 0 Å². The molecule has 0 amide bonds. The number of hydrogen-bond donors (Lipinski definition) is 2. The Hall–Kier alpha value is -1.50. The lowest BCUT2D eigenvalue weighted by Gasteiger charge is -2.23. The zero-order valence-corrected chi connectivity index (χ0v) is 12.2. The first kappa shape index (κ1) is 14.4. The summed E-state index contributed by atoms with van der Waals surface area (Å²) in [5, 5.41) is 13.5. The standard InChI is InChI=1S/C15H21NO5/c1-18-12-6-11(7-13-14(12)21-5-4-20-13)8-16-9-15(17)2-3-19-10-15/h6-7,16-17H,2-5,8-10H2,1H3. The Labute approximate surface area is 124 Å². The lowest BCUT2D eigenvalue weighted by atomic mass is 10.0. The molecular weight excluding hydrogens is 274 g/mol. The van der Waals surface area contributed by atoms with Crippen molar-refractivity contribution in [2.75, 3.05) is 40.1 Å². The number of aliphatic hydroxyl groups is 1. The summed E-state index contributed by atoms with van der Waals surface area (Å²) < 4.78 is 21.8. The molecule has 116 valence electrons. The molecule has 21 heavy (non-hydrogen) atoms. The Morgan fingerprint density at radius 3 is 2.90 bits per heavy atom. The van der Waals surface area contributed by atoms with Crippen LogP contribution in [0.5, 0.6) is 17.2 Å². The van der Waals surface area contributed by atoms with Crippen LogP contribution in [0.4, 0.5) is 0 Å². The molecule has 1 saturated heterocycles. The zero-order valence-electron chi connectivity index (χ0n) is 12.2. The highest BCUT2D eigenvalue weighted by Gasteiger charge is 2.31. The smallest absolute Gasteiger partial charge is 0.203 e. The van der Waals surface area contributed by atoms with Gasteiger partial charge >= 0.3 is 0 Å². The maximum atomic E-state index is 10.2. The van der Waals surface area contributed by atoms with Gasteiger partial charge in [0.05, 0.1) is 13.7 Å². The molecule has 1 atom stereocenters. The second kappa shape index (κ2) is 6.09. The summed E-state index contributed by atoms with van der Waals surface area (Å²) in [7, 11) is 1.61. The van der Waals surface area contributed by atoms with Crippen LogP contribution in [0.1, 0.15) is 12.0 Å². The molecule has 2 heterocycles. The Morgan fingerprint density at radius 1 is 1.29 bits per heavy atom. The van der Waals surface area contributed by atoms with Crippen molar-refractivity contribution >= 4 is 0 Å². The average molecular weight is 295 g/mol. The molecule has 0 saturated carbocycles. The van der Waals surface area contributed by atoms with Crippen LogP contribution in [0.25, 0.3) is 0 Å². The highest BCUT2D eigenvalue weighted by molar-refractivity contribution is 5.54. The number of fused-ring (bicyclic) bond motifs is 1. The molecule has 0 radical (unpaired) electrons. The molecule has 0 aliphatic carbocycles. The van der Waals surface area contributed by atoms with Gasteiger partial charge in [-0.25, -0.2) is 0 Å². The van der Waals surface area contributed by atoms with E-state index in [1.165, 1.54) is 0 Å². The third-order valence-corrected chi connectivity index (χ3v) is 3.75. The lowest BCUT2D eigenvalue weighted by molar-refractivity contribution is 0.0268. The minimum Gasteiger partial charge on any atom is -0.493 e. The third kappa shape index (κ3) is 3.23. The highest BCUT2D eigenvalue weighted by Crippen LogP contribution is 2.40. The number of benzene rings is 1. The Morgan fingerprint density at radius 2 is 2.14 bits per heavy atom. The minimum absolute atomic E-state index is 0.393. The van der Waals surface area contributed by atoms with Gasteiger partial charge in [0, 0.05) is 26.1 Å². The fourth-order valence-electron chi connectivity index (χ4n) is 2.60. The minimum atomic E-state index is -0.752. The fraction of sp³-hybridized carbons (Fsp3) is 0.600. The molecule has 2 aliphatic rings. The molecule has 6 nitrogen and oxygen atoms in total. The molecule has 2 aliphatic heterocycles. The van der Waals surface area contributed by atoms with Crippen LogP contribution < -0.4 is 19.5 Å². The van der Waals surface area contributed by atoms with Crippen LogP contribution in [0.2, 0.25) is 0 Å². The molecule has 3 rings (SSSR count). The van der Waals surface area contributed by atoms with Gasteiger partial charge in [-0.15, -0.1) is 0 Å². The number of rotatable bonds is 5. The maximum absolute atomic E-state index is 10.2. The van der Waals surface area contributed by atoms with Crippen molar-refractivity contribution in [1.82, 2.24) is 5.32 Å². The van der Waals surface area contributed by atoms with Gasteiger partial charge in [0.2, 0.25) is 5.75 Å².